The monoisotopic (exact) mass is 404 g/mol. The van der Waals surface area contributed by atoms with Gasteiger partial charge in [0.25, 0.3) is 0 Å². The maximum absolute atomic E-state index is 10.8. The zero-order valence-corrected chi connectivity index (χ0v) is 17.5. The molecule has 3 rings (SSSR count). The number of hydrogen-bond donors (Lipinski definition) is 3. The largest absolute Gasteiger partial charge is 0.493 e. The van der Waals surface area contributed by atoms with Crippen molar-refractivity contribution in [2.24, 2.45) is 10.2 Å². The van der Waals surface area contributed by atoms with Crippen LogP contribution in [0.1, 0.15) is 26.7 Å². The van der Waals surface area contributed by atoms with Crippen LogP contribution in [0, 0.1) is 0 Å². The van der Waals surface area contributed by atoms with Crippen LogP contribution in [-0.4, -0.2) is 53.7 Å². The number of thiocarbonyl (C=S) groups is 1. The molecule has 28 heavy (non-hydrogen) atoms. The topological polar surface area (TPSA) is 75.6 Å². The number of rotatable bonds is 8. The Morgan fingerprint density at radius 1 is 1.36 bits per heavy atom. The molecule has 0 aliphatic carbocycles. The van der Waals surface area contributed by atoms with Crippen molar-refractivity contribution in [2.75, 3.05) is 32.8 Å². The minimum atomic E-state index is 0.137. The maximum Gasteiger partial charge on any atom is 0.220 e. The van der Waals surface area contributed by atoms with E-state index in [4.69, 9.17) is 17.0 Å². The molecular formula is C20H30N5O2S+. The van der Waals surface area contributed by atoms with E-state index in [1.807, 2.05) is 28.8 Å². The predicted molar refractivity (Wildman–Crippen MR) is 115 cm³/mol. The van der Waals surface area contributed by atoms with Gasteiger partial charge in [-0.15, -0.1) is 10.2 Å². The average molecular weight is 405 g/mol. The minimum absolute atomic E-state index is 0.137. The lowest BCUT2D eigenvalue weighted by Gasteiger charge is -2.16. The number of para-hydroxylation sites is 1. The van der Waals surface area contributed by atoms with Crippen LogP contribution >= 0.6 is 12.2 Å². The molecular weight excluding hydrogens is 374 g/mol. The van der Waals surface area contributed by atoms with Crippen LogP contribution in [-0.2, 0) is 11.3 Å². The van der Waals surface area contributed by atoms with Crippen molar-refractivity contribution in [3.8, 4) is 5.88 Å². The number of likely N-dealkylation sites (N-methyl/N-ethyl adjacent to an activating group) is 1. The molecule has 1 aromatic carbocycles. The Morgan fingerprint density at radius 2 is 2.14 bits per heavy atom. The van der Waals surface area contributed by atoms with E-state index in [1.165, 1.54) is 4.90 Å². The first-order chi connectivity index (χ1) is 13.6. The standard InChI is InChI=1S/C20H29N5O2S/c1-3-24(4-2)11-12-25-17-10-6-5-9-16(17)18(19(25)26)22-23-20(28)21-14-15-8-7-13-27-15/h5-6,9-10,15,26H,3-4,7-8,11-14H2,1-2H3,(H,21,28)/p+1/t15-/m1/s1. The molecule has 0 amide bonds. The van der Waals surface area contributed by atoms with Gasteiger partial charge in [0.1, 0.15) is 0 Å². The number of nitrogens with one attached hydrogen (secondary N) is 2. The zero-order valence-electron chi connectivity index (χ0n) is 16.6. The number of quaternary nitrogens is 1. The van der Waals surface area contributed by atoms with Crippen molar-refractivity contribution < 1.29 is 14.7 Å². The molecule has 0 radical (unpaired) electrons. The van der Waals surface area contributed by atoms with E-state index in [-0.39, 0.29) is 12.0 Å². The highest BCUT2D eigenvalue weighted by molar-refractivity contribution is 7.80. The summed E-state index contributed by atoms with van der Waals surface area (Å²) in [5, 5.41) is 23.5. The lowest BCUT2D eigenvalue weighted by molar-refractivity contribution is -0.897. The zero-order chi connectivity index (χ0) is 19.9. The number of benzene rings is 1. The molecule has 1 fully saturated rings. The van der Waals surface area contributed by atoms with Gasteiger partial charge < -0.3 is 24.6 Å². The molecule has 0 unspecified atom stereocenters. The summed E-state index contributed by atoms with van der Waals surface area (Å²) >= 11 is 5.26. The molecule has 3 N–H and O–H groups in total. The fourth-order valence-electron chi connectivity index (χ4n) is 3.61. The fraction of sp³-hybridized carbons (Fsp3) is 0.550. The maximum atomic E-state index is 10.8. The second-order valence-electron chi connectivity index (χ2n) is 7.07. The SMILES string of the molecule is CC[NH+](CC)CCn1c(O)c(N=NC(=S)NC[C@H]2CCCO2)c2ccccc21. The Bertz CT molecular complexity index is 825. The molecule has 7 nitrogen and oxygen atoms in total. The highest BCUT2D eigenvalue weighted by Crippen LogP contribution is 2.38. The Kier molecular flexibility index (Phi) is 7.36. The van der Waals surface area contributed by atoms with Gasteiger partial charge >= 0.3 is 0 Å². The van der Waals surface area contributed by atoms with Crippen LogP contribution in [0.15, 0.2) is 34.5 Å². The lowest BCUT2D eigenvalue weighted by Crippen LogP contribution is -3.11. The van der Waals surface area contributed by atoms with Gasteiger partial charge in [-0.1, -0.05) is 18.2 Å². The van der Waals surface area contributed by atoms with E-state index in [2.05, 4.69) is 29.4 Å². The quantitative estimate of drug-likeness (QED) is 0.467. The van der Waals surface area contributed by atoms with E-state index in [0.29, 0.717) is 17.3 Å². The third-order valence-electron chi connectivity index (χ3n) is 5.35. The predicted octanol–water partition coefficient (Wildman–Crippen LogP) is 2.41. The normalized spacial score (nSPS) is 17.2. The number of fused-ring (bicyclic) bond motifs is 1. The molecule has 1 saturated heterocycles. The summed E-state index contributed by atoms with van der Waals surface area (Å²) < 4.78 is 7.49. The molecule has 0 spiro atoms. The Morgan fingerprint density at radius 3 is 2.86 bits per heavy atom. The van der Waals surface area contributed by atoms with Gasteiger partial charge in [0.2, 0.25) is 11.0 Å². The summed E-state index contributed by atoms with van der Waals surface area (Å²) in [6.07, 6.45) is 2.31. The molecule has 1 aromatic heterocycles. The molecule has 2 aromatic rings. The van der Waals surface area contributed by atoms with Crippen molar-refractivity contribution in [1.29, 1.82) is 0 Å². The second-order valence-corrected chi connectivity index (χ2v) is 7.46. The second kappa shape index (κ2) is 9.95. The molecule has 1 aliphatic heterocycles. The van der Waals surface area contributed by atoms with Gasteiger partial charge in [-0.05, 0) is 45.0 Å². The highest BCUT2D eigenvalue weighted by Gasteiger charge is 2.18. The third-order valence-corrected chi connectivity index (χ3v) is 5.58. The summed E-state index contributed by atoms with van der Waals surface area (Å²) in [4.78, 5) is 1.49. The average Bonchev–Trinajstić information content (AvgIpc) is 3.32. The Balaban J connectivity index is 1.74. The minimum Gasteiger partial charge on any atom is -0.493 e. The first kappa shape index (κ1) is 20.7. The van der Waals surface area contributed by atoms with E-state index < -0.39 is 0 Å². The summed E-state index contributed by atoms with van der Waals surface area (Å²) in [7, 11) is 0. The number of aromatic hydroxyl groups is 1. The first-order valence-corrected chi connectivity index (χ1v) is 10.5. The number of azo groups is 1. The van der Waals surface area contributed by atoms with Gasteiger partial charge in [-0.25, -0.2) is 0 Å². The molecule has 1 atom stereocenters. The van der Waals surface area contributed by atoms with Crippen LogP contribution in [0.3, 0.4) is 0 Å². The fourth-order valence-corrected chi connectivity index (χ4v) is 3.73. The van der Waals surface area contributed by atoms with Gasteiger partial charge in [0.15, 0.2) is 5.69 Å². The van der Waals surface area contributed by atoms with Gasteiger partial charge in [0.05, 0.1) is 37.8 Å². The van der Waals surface area contributed by atoms with Crippen LogP contribution in [0.5, 0.6) is 5.88 Å². The molecule has 1 aliphatic rings. The molecule has 0 saturated carbocycles. The number of aromatic nitrogens is 1. The number of nitrogens with zero attached hydrogens (tertiary/aromatic N) is 3. The Hall–Kier alpha value is -2.03. The number of hydrogen-bond acceptors (Lipinski definition) is 4. The van der Waals surface area contributed by atoms with Crippen molar-refractivity contribution >= 4 is 33.9 Å². The molecule has 152 valence electrons. The molecule has 0 bridgehead atoms. The van der Waals surface area contributed by atoms with Crippen LogP contribution in [0.25, 0.3) is 10.9 Å². The highest BCUT2D eigenvalue weighted by atomic mass is 32.1. The van der Waals surface area contributed by atoms with Crippen molar-refractivity contribution in [1.82, 2.24) is 9.88 Å². The first-order valence-electron chi connectivity index (χ1n) is 10.1. The van der Waals surface area contributed by atoms with Crippen molar-refractivity contribution in [2.45, 2.75) is 39.3 Å². The van der Waals surface area contributed by atoms with Gasteiger partial charge in [-0.3, -0.25) is 0 Å². The Labute approximate surface area is 171 Å². The van der Waals surface area contributed by atoms with E-state index in [9.17, 15) is 5.11 Å². The smallest absolute Gasteiger partial charge is 0.220 e. The van der Waals surface area contributed by atoms with Crippen molar-refractivity contribution in [3.63, 3.8) is 0 Å². The van der Waals surface area contributed by atoms with Crippen LogP contribution in [0.4, 0.5) is 5.69 Å². The van der Waals surface area contributed by atoms with Gasteiger partial charge in [-0.2, -0.15) is 0 Å². The van der Waals surface area contributed by atoms with Crippen LogP contribution in [0.2, 0.25) is 0 Å². The van der Waals surface area contributed by atoms with E-state index in [1.54, 1.807) is 0 Å². The third kappa shape index (κ3) is 4.87. The van der Waals surface area contributed by atoms with E-state index >= 15 is 0 Å². The summed E-state index contributed by atoms with van der Waals surface area (Å²) in [6.45, 7) is 9.59. The summed E-state index contributed by atoms with van der Waals surface area (Å²) in [6, 6.07) is 7.86. The van der Waals surface area contributed by atoms with Crippen LogP contribution < -0.4 is 10.2 Å². The summed E-state index contributed by atoms with van der Waals surface area (Å²) in [5.74, 6) is 0.137. The van der Waals surface area contributed by atoms with Gasteiger partial charge in [0, 0.05) is 18.5 Å². The number of ether oxygens (including phenoxy) is 1. The summed E-state index contributed by atoms with van der Waals surface area (Å²) in [5.41, 5.74) is 1.42. The molecule has 8 heteroatoms. The van der Waals surface area contributed by atoms with Crippen molar-refractivity contribution in [3.05, 3.63) is 24.3 Å². The van der Waals surface area contributed by atoms with E-state index in [0.717, 1.165) is 56.5 Å². The lowest BCUT2D eigenvalue weighted by atomic mass is 10.2. The molecule has 2 heterocycles.